The maximum Gasteiger partial charge on any atom is 0.219 e. The van der Waals surface area contributed by atoms with Crippen molar-refractivity contribution in [3.8, 4) is 0 Å². The first kappa shape index (κ1) is 20.4. The van der Waals surface area contributed by atoms with Crippen LogP contribution in [0.1, 0.15) is 54.4 Å². The third kappa shape index (κ3) is 8.42. The van der Waals surface area contributed by atoms with Gasteiger partial charge in [-0.25, -0.2) is 0 Å². The molecule has 2 rings (SSSR count). The lowest BCUT2D eigenvalue weighted by Gasteiger charge is -2.33. The molecule has 21 heavy (non-hydrogen) atoms. The van der Waals surface area contributed by atoms with E-state index in [1.54, 1.807) is 6.92 Å². The van der Waals surface area contributed by atoms with E-state index in [1.807, 2.05) is 18.7 Å². The Morgan fingerprint density at radius 3 is 1.71 bits per heavy atom. The third-order valence-electron chi connectivity index (χ3n) is 4.14. The van der Waals surface area contributed by atoms with Crippen LogP contribution < -0.4 is 0 Å². The predicted molar refractivity (Wildman–Crippen MR) is 91.7 cm³/mol. The smallest absolute Gasteiger partial charge is 0.219 e. The van der Waals surface area contributed by atoms with Crippen molar-refractivity contribution in [1.82, 2.24) is 14.7 Å². The molecule has 1 amide bonds. The van der Waals surface area contributed by atoms with Gasteiger partial charge in [0.05, 0.1) is 0 Å². The molecule has 0 N–H and O–H groups in total. The number of rotatable bonds is 2. The highest BCUT2D eigenvalue weighted by Gasteiger charge is 2.16. The minimum Gasteiger partial charge on any atom is -0.340 e. The van der Waals surface area contributed by atoms with Crippen LogP contribution in [0.4, 0.5) is 0 Å². The largest absolute Gasteiger partial charge is 0.340 e. The van der Waals surface area contributed by atoms with Crippen molar-refractivity contribution in [2.75, 3.05) is 45.8 Å². The standard InChI is InChI=1S/C8H16N2O.C7H15N.C2H6/c1-3-9-4-6-10(7-5-9)8(2)11;1-7(2)8-5-3-4-6-8;1-2/h3-7H2,1-2H3;7H,3-6H2,1-2H3;1-2H3. The molecule has 4 nitrogen and oxygen atoms in total. The van der Waals surface area contributed by atoms with E-state index in [0.717, 1.165) is 38.8 Å². The van der Waals surface area contributed by atoms with E-state index in [2.05, 4.69) is 30.6 Å². The molecular formula is C17H37N3O. The van der Waals surface area contributed by atoms with Crippen molar-refractivity contribution >= 4 is 5.91 Å². The summed E-state index contributed by atoms with van der Waals surface area (Å²) >= 11 is 0. The Hall–Kier alpha value is -0.610. The number of nitrogens with zero attached hydrogens (tertiary/aromatic N) is 3. The maximum atomic E-state index is 10.9. The van der Waals surface area contributed by atoms with Crippen LogP contribution in [0.25, 0.3) is 0 Å². The molecule has 2 fully saturated rings. The molecule has 4 heteroatoms. The van der Waals surface area contributed by atoms with Gasteiger partial charge in [0.1, 0.15) is 0 Å². The van der Waals surface area contributed by atoms with Gasteiger partial charge in [0, 0.05) is 39.1 Å². The van der Waals surface area contributed by atoms with Crippen molar-refractivity contribution in [2.24, 2.45) is 0 Å². The minimum absolute atomic E-state index is 0.209. The van der Waals surface area contributed by atoms with Gasteiger partial charge >= 0.3 is 0 Å². The second-order valence-electron chi connectivity index (χ2n) is 5.78. The zero-order chi connectivity index (χ0) is 16.3. The number of hydrogen-bond donors (Lipinski definition) is 0. The van der Waals surface area contributed by atoms with Crippen LogP contribution in [-0.2, 0) is 4.79 Å². The zero-order valence-corrected chi connectivity index (χ0v) is 15.2. The fraction of sp³-hybridized carbons (Fsp3) is 0.941. The van der Waals surface area contributed by atoms with Crippen molar-refractivity contribution in [3.05, 3.63) is 0 Å². The number of carbonyl (C=O) groups is 1. The number of likely N-dealkylation sites (N-methyl/N-ethyl adjacent to an activating group) is 1. The second-order valence-corrected chi connectivity index (χ2v) is 5.78. The van der Waals surface area contributed by atoms with E-state index >= 15 is 0 Å². The van der Waals surface area contributed by atoms with Gasteiger partial charge in [-0.15, -0.1) is 0 Å². The average molecular weight is 300 g/mol. The average Bonchev–Trinajstić information content (AvgIpc) is 3.04. The fourth-order valence-corrected chi connectivity index (χ4v) is 2.64. The number of carbonyl (C=O) groups excluding carboxylic acids is 1. The van der Waals surface area contributed by atoms with Crippen molar-refractivity contribution < 1.29 is 4.79 Å². The summed E-state index contributed by atoms with van der Waals surface area (Å²) in [5.41, 5.74) is 0. The molecule has 2 heterocycles. The summed E-state index contributed by atoms with van der Waals surface area (Å²) in [7, 11) is 0. The van der Waals surface area contributed by atoms with Crippen LogP contribution in [0.2, 0.25) is 0 Å². The van der Waals surface area contributed by atoms with E-state index in [0.29, 0.717) is 0 Å². The maximum absolute atomic E-state index is 10.9. The van der Waals surface area contributed by atoms with E-state index < -0.39 is 0 Å². The van der Waals surface area contributed by atoms with E-state index in [-0.39, 0.29) is 5.91 Å². The molecule has 2 aliphatic rings. The lowest BCUT2D eigenvalue weighted by molar-refractivity contribution is -0.130. The topological polar surface area (TPSA) is 26.8 Å². The summed E-state index contributed by atoms with van der Waals surface area (Å²) < 4.78 is 0. The molecule has 0 radical (unpaired) electrons. The third-order valence-corrected chi connectivity index (χ3v) is 4.14. The molecule has 0 saturated carbocycles. The van der Waals surface area contributed by atoms with Crippen molar-refractivity contribution in [2.45, 2.75) is 60.4 Å². The van der Waals surface area contributed by atoms with Gasteiger partial charge in [0.2, 0.25) is 5.91 Å². The molecular weight excluding hydrogens is 262 g/mol. The Morgan fingerprint density at radius 2 is 1.43 bits per heavy atom. The van der Waals surface area contributed by atoms with Gasteiger partial charge in [-0.05, 0) is 46.3 Å². The van der Waals surface area contributed by atoms with Gasteiger partial charge in [-0.1, -0.05) is 20.8 Å². The molecule has 0 aliphatic carbocycles. The molecule has 0 atom stereocenters. The Labute approximate surface area is 132 Å². The zero-order valence-electron chi connectivity index (χ0n) is 15.2. The van der Waals surface area contributed by atoms with Gasteiger partial charge in [-0.2, -0.15) is 0 Å². The second kappa shape index (κ2) is 12.0. The van der Waals surface area contributed by atoms with Crippen LogP contribution in [-0.4, -0.2) is 72.5 Å². The van der Waals surface area contributed by atoms with E-state index in [9.17, 15) is 4.79 Å². The molecule has 126 valence electrons. The monoisotopic (exact) mass is 299 g/mol. The lowest BCUT2D eigenvalue weighted by Crippen LogP contribution is -2.47. The summed E-state index contributed by atoms with van der Waals surface area (Å²) in [6, 6.07) is 0.775. The summed E-state index contributed by atoms with van der Waals surface area (Å²) in [6.07, 6.45) is 2.83. The van der Waals surface area contributed by atoms with Gasteiger partial charge in [-0.3, -0.25) is 4.79 Å². The Morgan fingerprint density at radius 1 is 0.952 bits per heavy atom. The highest BCUT2D eigenvalue weighted by Crippen LogP contribution is 2.09. The molecule has 0 unspecified atom stereocenters. The van der Waals surface area contributed by atoms with Crippen LogP contribution in [0, 0.1) is 0 Å². The molecule has 0 aromatic rings. The molecule has 0 aromatic heterocycles. The first-order chi connectivity index (χ1) is 10.0. The van der Waals surface area contributed by atoms with Crippen molar-refractivity contribution in [1.29, 1.82) is 0 Å². The highest BCUT2D eigenvalue weighted by atomic mass is 16.2. The normalized spacial score (nSPS) is 19.7. The van der Waals surface area contributed by atoms with Gasteiger partial charge in [0.15, 0.2) is 0 Å². The Kier molecular flexibility index (Phi) is 11.6. The van der Waals surface area contributed by atoms with E-state index in [1.165, 1.54) is 25.9 Å². The van der Waals surface area contributed by atoms with Gasteiger partial charge in [0.25, 0.3) is 0 Å². The predicted octanol–water partition coefficient (Wildman–Crippen LogP) is 2.69. The number of likely N-dealkylation sites (tertiary alicyclic amines) is 1. The summed E-state index contributed by atoms with van der Waals surface area (Å²) in [5.74, 6) is 0.209. The molecule has 2 saturated heterocycles. The number of amides is 1. The minimum atomic E-state index is 0.209. The Balaban J connectivity index is 0.000000354. The first-order valence-electron chi connectivity index (χ1n) is 8.76. The van der Waals surface area contributed by atoms with E-state index in [4.69, 9.17) is 0 Å². The molecule has 0 bridgehead atoms. The van der Waals surface area contributed by atoms with Crippen LogP contribution in [0.5, 0.6) is 0 Å². The highest BCUT2D eigenvalue weighted by molar-refractivity contribution is 5.73. The van der Waals surface area contributed by atoms with Crippen LogP contribution >= 0.6 is 0 Å². The summed E-state index contributed by atoms with van der Waals surface area (Å²) in [5, 5.41) is 0. The number of hydrogen-bond acceptors (Lipinski definition) is 3. The number of piperazine rings is 1. The fourth-order valence-electron chi connectivity index (χ4n) is 2.64. The summed E-state index contributed by atoms with van der Waals surface area (Å²) in [6.45, 7) is 20.0. The molecule has 0 aromatic carbocycles. The quantitative estimate of drug-likeness (QED) is 0.784. The SMILES string of the molecule is CC.CC(C)N1CCCC1.CCN1CCN(C(C)=O)CC1. The first-order valence-corrected chi connectivity index (χ1v) is 8.76. The molecule has 0 spiro atoms. The Bertz CT molecular complexity index is 255. The lowest BCUT2D eigenvalue weighted by atomic mass is 10.3. The molecule has 2 aliphatic heterocycles. The van der Waals surface area contributed by atoms with Crippen LogP contribution in [0.15, 0.2) is 0 Å². The summed E-state index contributed by atoms with van der Waals surface area (Å²) in [4.78, 5) is 17.7. The van der Waals surface area contributed by atoms with Crippen LogP contribution in [0.3, 0.4) is 0 Å². The van der Waals surface area contributed by atoms with Gasteiger partial charge < -0.3 is 14.7 Å². The van der Waals surface area contributed by atoms with Crippen molar-refractivity contribution in [3.63, 3.8) is 0 Å².